The number of nitrogens with one attached hydrogen (secondary N) is 1. The monoisotopic (exact) mass is 249 g/mol. The van der Waals surface area contributed by atoms with Gasteiger partial charge in [-0.3, -0.25) is 0 Å². The standard InChI is InChI=1S/C12H12ClN3O/c1-17-11-7-15-12(16-8-11)14-6-9-3-2-4-10(13)5-9/h2-5,7-8H,6H2,1H3,(H,14,15,16). The quantitative estimate of drug-likeness (QED) is 0.905. The van der Waals surface area contributed by atoms with Crippen molar-refractivity contribution in [3.8, 4) is 5.75 Å². The summed E-state index contributed by atoms with van der Waals surface area (Å²) in [4.78, 5) is 8.21. The fourth-order valence-corrected chi connectivity index (χ4v) is 1.55. The molecule has 1 N–H and O–H groups in total. The molecule has 4 nitrogen and oxygen atoms in total. The fourth-order valence-electron chi connectivity index (χ4n) is 1.34. The van der Waals surface area contributed by atoms with E-state index in [1.807, 2.05) is 24.3 Å². The predicted molar refractivity (Wildman–Crippen MR) is 67.4 cm³/mol. The van der Waals surface area contributed by atoms with E-state index in [1.165, 1.54) is 0 Å². The molecule has 0 saturated heterocycles. The Morgan fingerprint density at radius 2 is 2.06 bits per heavy atom. The molecule has 0 aliphatic carbocycles. The second kappa shape index (κ2) is 5.50. The van der Waals surface area contributed by atoms with Gasteiger partial charge in [-0.25, -0.2) is 9.97 Å². The van der Waals surface area contributed by atoms with Crippen LogP contribution < -0.4 is 10.1 Å². The van der Waals surface area contributed by atoms with Gasteiger partial charge in [0, 0.05) is 11.6 Å². The van der Waals surface area contributed by atoms with Gasteiger partial charge in [-0.2, -0.15) is 0 Å². The molecule has 0 fully saturated rings. The van der Waals surface area contributed by atoms with Crippen LogP contribution in [0.3, 0.4) is 0 Å². The molecule has 0 amide bonds. The van der Waals surface area contributed by atoms with Crippen LogP contribution >= 0.6 is 11.6 Å². The van der Waals surface area contributed by atoms with Crippen molar-refractivity contribution in [2.24, 2.45) is 0 Å². The molecule has 88 valence electrons. The van der Waals surface area contributed by atoms with E-state index in [-0.39, 0.29) is 0 Å². The molecular weight excluding hydrogens is 238 g/mol. The molecule has 2 aromatic rings. The molecule has 0 radical (unpaired) electrons. The van der Waals surface area contributed by atoms with Crippen molar-refractivity contribution < 1.29 is 4.74 Å². The van der Waals surface area contributed by atoms with Gasteiger partial charge in [0.1, 0.15) is 0 Å². The molecule has 1 heterocycles. The highest BCUT2D eigenvalue weighted by Gasteiger charge is 1.98. The number of methoxy groups -OCH3 is 1. The molecule has 0 aliphatic rings. The maximum Gasteiger partial charge on any atom is 0.223 e. The minimum atomic E-state index is 0.561. The van der Waals surface area contributed by atoms with Gasteiger partial charge in [0.25, 0.3) is 0 Å². The molecule has 2 rings (SSSR count). The molecule has 1 aromatic heterocycles. The number of benzene rings is 1. The molecular formula is C12H12ClN3O. The second-order valence-electron chi connectivity index (χ2n) is 3.43. The molecule has 0 aliphatic heterocycles. The number of rotatable bonds is 4. The number of nitrogens with zero attached hydrogens (tertiary/aromatic N) is 2. The van der Waals surface area contributed by atoms with Gasteiger partial charge < -0.3 is 10.1 Å². The van der Waals surface area contributed by atoms with Crippen LogP contribution in [0.2, 0.25) is 5.02 Å². The van der Waals surface area contributed by atoms with Crippen molar-refractivity contribution in [1.82, 2.24) is 9.97 Å². The van der Waals surface area contributed by atoms with Crippen LogP contribution in [-0.4, -0.2) is 17.1 Å². The molecule has 0 atom stereocenters. The van der Waals surface area contributed by atoms with Gasteiger partial charge >= 0.3 is 0 Å². The van der Waals surface area contributed by atoms with Gasteiger partial charge in [0.05, 0.1) is 19.5 Å². The number of hydrogen-bond donors (Lipinski definition) is 1. The zero-order chi connectivity index (χ0) is 12.1. The maximum atomic E-state index is 5.89. The number of anilines is 1. The normalized spacial score (nSPS) is 10.0. The summed E-state index contributed by atoms with van der Waals surface area (Å²) in [5, 5.41) is 3.83. The SMILES string of the molecule is COc1cnc(NCc2cccc(Cl)c2)nc1. The molecule has 0 unspecified atom stereocenters. The fraction of sp³-hybridized carbons (Fsp3) is 0.167. The largest absolute Gasteiger partial charge is 0.494 e. The van der Waals surface area contributed by atoms with Crippen molar-refractivity contribution >= 4 is 17.5 Å². The van der Waals surface area contributed by atoms with Crippen molar-refractivity contribution in [3.05, 3.63) is 47.2 Å². The van der Waals surface area contributed by atoms with Crippen LogP contribution in [0, 0.1) is 0 Å². The average molecular weight is 250 g/mol. The number of hydrogen-bond acceptors (Lipinski definition) is 4. The summed E-state index contributed by atoms with van der Waals surface area (Å²) in [5.41, 5.74) is 1.08. The van der Waals surface area contributed by atoms with E-state index in [4.69, 9.17) is 16.3 Å². The van der Waals surface area contributed by atoms with E-state index in [2.05, 4.69) is 15.3 Å². The molecule has 17 heavy (non-hydrogen) atoms. The lowest BCUT2D eigenvalue weighted by Crippen LogP contribution is -2.03. The first kappa shape index (κ1) is 11.7. The summed E-state index contributed by atoms with van der Waals surface area (Å²) >= 11 is 5.89. The number of aromatic nitrogens is 2. The highest BCUT2D eigenvalue weighted by molar-refractivity contribution is 6.30. The van der Waals surface area contributed by atoms with Gasteiger partial charge in [-0.1, -0.05) is 23.7 Å². The van der Waals surface area contributed by atoms with Crippen molar-refractivity contribution in [3.63, 3.8) is 0 Å². The van der Waals surface area contributed by atoms with E-state index in [9.17, 15) is 0 Å². The first-order valence-corrected chi connectivity index (χ1v) is 5.50. The first-order chi connectivity index (χ1) is 8.28. The van der Waals surface area contributed by atoms with E-state index < -0.39 is 0 Å². The summed E-state index contributed by atoms with van der Waals surface area (Å²) in [6, 6.07) is 7.64. The number of halogens is 1. The van der Waals surface area contributed by atoms with Gasteiger partial charge in [-0.15, -0.1) is 0 Å². The Hall–Kier alpha value is -1.81. The highest BCUT2D eigenvalue weighted by atomic mass is 35.5. The van der Waals surface area contributed by atoms with Crippen LogP contribution in [-0.2, 0) is 6.54 Å². The summed E-state index contributed by atoms with van der Waals surface area (Å²) in [5.74, 6) is 1.20. The van der Waals surface area contributed by atoms with Crippen molar-refractivity contribution in [1.29, 1.82) is 0 Å². The first-order valence-electron chi connectivity index (χ1n) is 5.12. The number of ether oxygens (including phenoxy) is 1. The zero-order valence-electron chi connectivity index (χ0n) is 9.35. The molecule has 0 bridgehead atoms. The topological polar surface area (TPSA) is 47.0 Å². The lowest BCUT2D eigenvalue weighted by molar-refractivity contribution is 0.411. The third-order valence-electron chi connectivity index (χ3n) is 2.20. The molecule has 5 heteroatoms. The van der Waals surface area contributed by atoms with Crippen LogP contribution in [0.4, 0.5) is 5.95 Å². The Labute approximate surface area is 105 Å². The minimum absolute atomic E-state index is 0.561. The maximum absolute atomic E-state index is 5.89. The van der Waals surface area contributed by atoms with E-state index in [0.717, 1.165) is 10.6 Å². The summed E-state index contributed by atoms with van der Waals surface area (Å²) < 4.78 is 4.98. The average Bonchev–Trinajstić information content (AvgIpc) is 2.37. The molecule has 1 aromatic carbocycles. The third-order valence-corrected chi connectivity index (χ3v) is 2.44. The summed E-state index contributed by atoms with van der Waals surface area (Å²) in [6.07, 6.45) is 3.24. The third kappa shape index (κ3) is 3.32. The minimum Gasteiger partial charge on any atom is -0.494 e. The lowest BCUT2D eigenvalue weighted by atomic mass is 10.2. The predicted octanol–water partition coefficient (Wildman–Crippen LogP) is 2.75. The van der Waals surface area contributed by atoms with E-state index in [1.54, 1.807) is 19.5 Å². The van der Waals surface area contributed by atoms with Gasteiger partial charge in [-0.05, 0) is 17.7 Å². The van der Waals surface area contributed by atoms with Crippen LogP contribution in [0.25, 0.3) is 0 Å². The smallest absolute Gasteiger partial charge is 0.223 e. The van der Waals surface area contributed by atoms with Crippen molar-refractivity contribution in [2.75, 3.05) is 12.4 Å². The van der Waals surface area contributed by atoms with Crippen molar-refractivity contribution in [2.45, 2.75) is 6.54 Å². The second-order valence-corrected chi connectivity index (χ2v) is 3.87. The molecule has 0 saturated carbocycles. The van der Waals surface area contributed by atoms with Crippen LogP contribution in [0.15, 0.2) is 36.7 Å². The van der Waals surface area contributed by atoms with Crippen LogP contribution in [0.1, 0.15) is 5.56 Å². The Bertz CT molecular complexity index is 487. The lowest BCUT2D eigenvalue weighted by Gasteiger charge is -2.05. The van der Waals surface area contributed by atoms with Gasteiger partial charge in [0.15, 0.2) is 5.75 Å². The summed E-state index contributed by atoms with van der Waals surface area (Å²) in [7, 11) is 1.58. The highest BCUT2D eigenvalue weighted by Crippen LogP contribution is 2.12. The van der Waals surface area contributed by atoms with E-state index in [0.29, 0.717) is 18.2 Å². The Kier molecular flexibility index (Phi) is 3.77. The Balaban J connectivity index is 1.97. The molecule has 0 spiro atoms. The van der Waals surface area contributed by atoms with Crippen LogP contribution in [0.5, 0.6) is 5.75 Å². The van der Waals surface area contributed by atoms with Gasteiger partial charge in [0.2, 0.25) is 5.95 Å². The van der Waals surface area contributed by atoms with E-state index >= 15 is 0 Å². The Morgan fingerprint density at radius 3 is 2.71 bits per heavy atom. The zero-order valence-corrected chi connectivity index (χ0v) is 10.1. The summed E-state index contributed by atoms with van der Waals surface area (Å²) in [6.45, 7) is 0.632. The Morgan fingerprint density at radius 1 is 1.29 bits per heavy atom.